The van der Waals surface area contributed by atoms with Crippen molar-refractivity contribution < 1.29 is 31.1 Å². The van der Waals surface area contributed by atoms with Crippen LogP contribution in [0.4, 0.5) is 31.1 Å². The SMILES string of the molecule is O=C(NCc1ccc(C(F)(F)F)cc1)N1CCCCCC1c1ccc(C(F)(F)F)cc1. The third-order valence-corrected chi connectivity index (χ3v) is 5.36. The summed E-state index contributed by atoms with van der Waals surface area (Å²) in [6.45, 7) is 0.498. The third-order valence-electron chi connectivity index (χ3n) is 5.36. The standard InChI is InChI=1S/C22H22F6N2O/c23-21(24,25)17-9-5-15(6-10-17)14-29-20(31)30-13-3-1-2-4-19(30)16-7-11-18(12-8-16)22(26,27)28/h5-12,19H,1-4,13-14H2,(H,29,31). The summed E-state index contributed by atoms with van der Waals surface area (Å²) < 4.78 is 76.6. The summed E-state index contributed by atoms with van der Waals surface area (Å²) in [5, 5.41) is 2.72. The molecule has 0 aliphatic carbocycles. The molecule has 0 bridgehead atoms. The van der Waals surface area contributed by atoms with Crippen LogP contribution >= 0.6 is 0 Å². The van der Waals surface area contributed by atoms with Gasteiger partial charge in [-0.15, -0.1) is 0 Å². The fraction of sp³-hybridized carbons (Fsp3) is 0.409. The van der Waals surface area contributed by atoms with Gasteiger partial charge in [-0.2, -0.15) is 26.3 Å². The summed E-state index contributed by atoms with van der Waals surface area (Å²) in [5.41, 5.74) is -0.373. The van der Waals surface area contributed by atoms with Crippen LogP contribution in [0.15, 0.2) is 48.5 Å². The van der Waals surface area contributed by atoms with E-state index in [1.807, 2.05) is 0 Å². The van der Waals surface area contributed by atoms with Gasteiger partial charge in [-0.05, 0) is 48.2 Å². The van der Waals surface area contributed by atoms with Crippen molar-refractivity contribution in [2.45, 2.75) is 50.6 Å². The molecular formula is C22H22F6N2O. The third kappa shape index (κ3) is 5.92. The molecule has 1 unspecified atom stereocenters. The molecule has 1 N–H and O–H groups in total. The Morgan fingerprint density at radius 2 is 1.39 bits per heavy atom. The van der Waals surface area contributed by atoms with Gasteiger partial charge in [0.25, 0.3) is 0 Å². The average molecular weight is 444 g/mol. The van der Waals surface area contributed by atoms with Crippen molar-refractivity contribution in [3.8, 4) is 0 Å². The molecule has 2 amide bonds. The fourth-order valence-electron chi connectivity index (χ4n) is 3.68. The van der Waals surface area contributed by atoms with Crippen LogP contribution in [0.5, 0.6) is 0 Å². The van der Waals surface area contributed by atoms with Crippen molar-refractivity contribution in [1.82, 2.24) is 10.2 Å². The second-order valence-electron chi connectivity index (χ2n) is 7.53. The van der Waals surface area contributed by atoms with E-state index in [1.165, 1.54) is 24.3 Å². The Kier molecular flexibility index (Phi) is 6.81. The molecule has 1 saturated heterocycles. The van der Waals surface area contributed by atoms with E-state index in [9.17, 15) is 31.1 Å². The van der Waals surface area contributed by atoms with Gasteiger partial charge < -0.3 is 10.2 Å². The first kappa shape index (κ1) is 23.0. The average Bonchev–Trinajstić information content (AvgIpc) is 2.97. The van der Waals surface area contributed by atoms with Gasteiger partial charge in [-0.3, -0.25) is 0 Å². The van der Waals surface area contributed by atoms with Crippen LogP contribution in [0.2, 0.25) is 0 Å². The lowest BCUT2D eigenvalue weighted by atomic mass is 9.99. The molecule has 1 aliphatic heterocycles. The number of halogens is 6. The number of benzene rings is 2. The highest BCUT2D eigenvalue weighted by Gasteiger charge is 2.32. The number of alkyl halides is 6. The number of amides is 2. The molecule has 1 fully saturated rings. The Balaban J connectivity index is 1.70. The zero-order valence-electron chi connectivity index (χ0n) is 16.6. The monoisotopic (exact) mass is 444 g/mol. The van der Waals surface area contributed by atoms with Crippen LogP contribution < -0.4 is 5.32 Å². The minimum Gasteiger partial charge on any atom is -0.334 e. The molecule has 0 saturated carbocycles. The van der Waals surface area contributed by atoms with E-state index in [-0.39, 0.29) is 12.6 Å². The smallest absolute Gasteiger partial charge is 0.334 e. The molecule has 3 nitrogen and oxygen atoms in total. The summed E-state index contributed by atoms with van der Waals surface area (Å²) in [5.74, 6) is 0. The fourth-order valence-corrected chi connectivity index (χ4v) is 3.68. The van der Waals surface area contributed by atoms with E-state index in [0.717, 1.165) is 43.5 Å². The lowest BCUT2D eigenvalue weighted by molar-refractivity contribution is -0.138. The van der Waals surface area contributed by atoms with E-state index in [2.05, 4.69) is 5.32 Å². The lowest BCUT2D eigenvalue weighted by Gasteiger charge is -2.31. The van der Waals surface area contributed by atoms with E-state index < -0.39 is 29.5 Å². The van der Waals surface area contributed by atoms with E-state index >= 15 is 0 Å². The minimum atomic E-state index is -4.43. The molecular weight excluding hydrogens is 422 g/mol. The topological polar surface area (TPSA) is 32.3 Å². The van der Waals surface area contributed by atoms with Gasteiger partial charge in [0, 0.05) is 13.1 Å². The van der Waals surface area contributed by atoms with Gasteiger partial charge in [0.05, 0.1) is 17.2 Å². The van der Waals surface area contributed by atoms with Crippen LogP contribution in [0.3, 0.4) is 0 Å². The van der Waals surface area contributed by atoms with Gasteiger partial charge in [-0.25, -0.2) is 4.79 Å². The Hall–Kier alpha value is -2.71. The predicted molar refractivity (Wildman–Crippen MR) is 103 cm³/mol. The van der Waals surface area contributed by atoms with Gasteiger partial charge in [0.15, 0.2) is 0 Å². The molecule has 3 rings (SSSR count). The summed E-state index contributed by atoms with van der Waals surface area (Å²) in [6.07, 6.45) is -5.72. The van der Waals surface area contributed by atoms with Crippen molar-refractivity contribution in [3.05, 3.63) is 70.8 Å². The van der Waals surface area contributed by atoms with Crippen LogP contribution in [-0.2, 0) is 18.9 Å². The maximum Gasteiger partial charge on any atom is 0.416 e. The number of urea groups is 1. The Bertz CT molecular complexity index is 875. The molecule has 0 aromatic heterocycles. The molecule has 168 valence electrons. The van der Waals surface area contributed by atoms with Crippen LogP contribution in [0, 0.1) is 0 Å². The van der Waals surface area contributed by atoms with Crippen molar-refractivity contribution in [2.75, 3.05) is 6.54 Å². The number of carbonyl (C=O) groups is 1. The largest absolute Gasteiger partial charge is 0.416 e. The molecule has 2 aromatic carbocycles. The number of hydrogen-bond donors (Lipinski definition) is 1. The highest BCUT2D eigenvalue weighted by Crippen LogP contribution is 2.34. The first-order valence-corrected chi connectivity index (χ1v) is 9.93. The molecule has 31 heavy (non-hydrogen) atoms. The molecule has 1 atom stereocenters. The Labute approximate surface area is 176 Å². The van der Waals surface area contributed by atoms with Crippen LogP contribution in [0.25, 0.3) is 0 Å². The molecule has 1 aliphatic rings. The first-order valence-electron chi connectivity index (χ1n) is 9.93. The van der Waals surface area contributed by atoms with Gasteiger partial charge in [-0.1, -0.05) is 37.1 Å². The minimum absolute atomic E-state index is 0.0488. The molecule has 1 heterocycles. The molecule has 9 heteroatoms. The first-order chi connectivity index (χ1) is 14.6. The number of carbonyl (C=O) groups excluding carboxylic acids is 1. The van der Waals surface area contributed by atoms with E-state index in [4.69, 9.17) is 0 Å². The summed E-state index contributed by atoms with van der Waals surface area (Å²) in [6, 6.07) is 8.58. The number of nitrogens with one attached hydrogen (secondary N) is 1. The quantitative estimate of drug-likeness (QED) is 0.535. The van der Waals surface area contributed by atoms with Crippen LogP contribution in [0.1, 0.15) is 54.0 Å². The zero-order valence-corrected chi connectivity index (χ0v) is 16.6. The summed E-state index contributed by atoms with van der Waals surface area (Å²) in [4.78, 5) is 14.4. The summed E-state index contributed by atoms with van der Waals surface area (Å²) in [7, 11) is 0. The van der Waals surface area contributed by atoms with Gasteiger partial charge in [0.2, 0.25) is 0 Å². The molecule has 0 spiro atoms. The Morgan fingerprint density at radius 3 is 1.94 bits per heavy atom. The second-order valence-corrected chi connectivity index (χ2v) is 7.53. The number of likely N-dealkylation sites (tertiary alicyclic amines) is 1. The maximum atomic E-state index is 12.8. The van der Waals surface area contributed by atoms with Crippen molar-refractivity contribution in [2.24, 2.45) is 0 Å². The predicted octanol–water partition coefficient (Wildman–Crippen LogP) is 6.55. The van der Waals surface area contributed by atoms with Gasteiger partial charge in [0.1, 0.15) is 0 Å². The Morgan fingerprint density at radius 1 is 0.839 bits per heavy atom. The van der Waals surface area contributed by atoms with Gasteiger partial charge >= 0.3 is 18.4 Å². The number of hydrogen-bond acceptors (Lipinski definition) is 1. The summed E-state index contributed by atoms with van der Waals surface area (Å²) >= 11 is 0. The number of nitrogens with zero attached hydrogens (tertiary/aromatic N) is 1. The molecule has 0 radical (unpaired) electrons. The highest BCUT2D eigenvalue weighted by atomic mass is 19.4. The van der Waals surface area contributed by atoms with Crippen molar-refractivity contribution in [1.29, 1.82) is 0 Å². The normalized spacial score (nSPS) is 17.9. The lowest BCUT2D eigenvalue weighted by Crippen LogP contribution is -2.42. The maximum absolute atomic E-state index is 12.8. The molecule has 2 aromatic rings. The van der Waals surface area contributed by atoms with Crippen molar-refractivity contribution >= 4 is 6.03 Å². The zero-order chi connectivity index (χ0) is 22.6. The van der Waals surface area contributed by atoms with E-state index in [0.29, 0.717) is 24.1 Å². The van der Waals surface area contributed by atoms with Crippen LogP contribution in [-0.4, -0.2) is 17.5 Å². The number of rotatable bonds is 3. The van der Waals surface area contributed by atoms with E-state index in [1.54, 1.807) is 4.90 Å². The highest BCUT2D eigenvalue weighted by molar-refractivity contribution is 5.74. The second kappa shape index (κ2) is 9.20. The van der Waals surface area contributed by atoms with Crippen molar-refractivity contribution in [3.63, 3.8) is 0 Å².